The SMILES string of the molecule is CCOCC1(COc2ccc(Cc3cc([C@@H]4O[C@H](CO)[C@@H](O)[C@H](O)[C@H]4O)ccc3Cl)cc2)CCCC1. The molecule has 4 N–H and O–H groups in total. The quantitative estimate of drug-likeness (QED) is 0.380. The average Bonchev–Trinajstić information content (AvgIpc) is 3.36. The van der Waals surface area contributed by atoms with E-state index in [4.69, 9.17) is 25.8 Å². The normalized spacial score (nSPS) is 27.8. The Hall–Kier alpha value is -1.71. The summed E-state index contributed by atoms with van der Waals surface area (Å²) in [6, 6.07) is 13.2. The smallest absolute Gasteiger partial charge is 0.119 e. The highest BCUT2D eigenvalue weighted by atomic mass is 35.5. The number of hydrogen-bond acceptors (Lipinski definition) is 7. The molecule has 198 valence electrons. The number of halogens is 1. The monoisotopic (exact) mass is 520 g/mol. The molecule has 0 aromatic heterocycles. The fourth-order valence-electron chi connectivity index (χ4n) is 5.22. The standard InChI is InChI=1S/C28H37ClO7/c1-2-34-16-28(11-3-4-12-28)17-35-21-8-5-18(6-9-21)13-20-14-19(7-10-22(20)29)27-26(33)25(32)24(31)23(15-30)36-27/h5-10,14,23-27,30-33H,2-4,11-13,15-17H2,1H3/t23-,24-,25+,26-,27+/m1/s1. The van der Waals surface area contributed by atoms with Crippen LogP contribution in [0.3, 0.4) is 0 Å². The second-order valence-electron chi connectivity index (χ2n) is 10.1. The van der Waals surface area contributed by atoms with E-state index < -0.39 is 37.1 Å². The van der Waals surface area contributed by atoms with Crippen LogP contribution in [0.2, 0.25) is 5.02 Å². The summed E-state index contributed by atoms with van der Waals surface area (Å²) in [5.74, 6) is 0.822. The Morgan fingerprint density at radius 3 is 2.36 bits per heavy atom. The van der Waals surface area contributed by atoms with Gasteiger partial charge in [-0.2, -0.15) is 0 Å². The molecule has 8 heteroatoms. The zero-order valence-electron chi connectivity index (χ0n) is 20.7. The van der Waals surface area contributed by atoms with Gasteiger partial charge >= 0.3 is 0 Å². The van der Waals surface area contributed by atoms with E-state index in [9.17, 15) is 20.4 Å². The van der Waals surface area contributed by atoms with Crippen LogP contribution in [-0.2, 0) is 15.9 Å². The van der Waals surface area contributed by atoms with Crippen LogP contribution in [0.25, 0.3) is 0 Å². The van der Waals surface area contributed by atoms with Crippen molar-refractivity contribution in [1.29, 1.82) is 0 Å². The topological polar surface area (TPSA) is 109 Å². The lowest BCUT2D eigenvalue weighted by atomic mass is 9.88. The number of rotatable bonds is 10. The molecule has 0 spiro atoms. The molecule has 7 nitrogen and oxygen atoms in total. The summed E-state index contributed by atoms with van der Waals surface area (Å²) in [6.45, 7) is 3.66. The maximum atomic E-state index is 10.5. The summed E-state index contributed by atoms with van der Waals surface area (Å²) < 4.78 is 17.6. The van der Waals surface area contributed by atoms with E-state index in [1.165, 1.54) is 12.8 Å². The first-order valence-electron chi connectivity index (χ1n) is 12.7. The van der Waals surface area contributed by atoms with Crippen molar-refractivity contribution in [2.45, 2.75) is 69.5 Å². The predicted molar refractivity (Wildman–Crippen MR) is 136 cm³/mol. The lowest BCUT2D eigenvalue weighted by Crippen LogP contribution is -2.55. The van der Waals surface area contributed by atoms with Crippen molar-refractivity contribution in [2.24, 2.45) is 5.41 Å². The van der Waals surface area contributed by atoms with E-state index in [1.807, 2.05) is 37.3 Å². The van der Waals surface area contributed by atoms with Crippen LogP contribution < -0.4 is 4.74 Å². The van der Waals surface area contributed by atoms with Gasteiger partial charge in [-0.15, -0.1) is 0 Å². The van der Waals surface area contributed by atoms with Gasteiger partial charge in [-0.05, 0) is 61.1 Å². The van der Waals surface area contributed by atoms with Gasteiger partial charge < -0.3 is 34.6 Å². The minimum atomic E-state index is -1.43. The highest BCUT2D eigenvalue weighted by Crippen LogP contribution is 2.39. The van der Waals surface area contributed by atoms with E-state index >= 15 is 0 Å². The Morgan fingerprint density at radius 2 is 1.69 bits per heavy atom. The molecule has 1 heterocycles. The molecule has 2 aliphatic rings. The molecule has 1 aliphatic carbocycles. The molecule has 5 atom stereocenters. The third kappa shape index (κ3) is 6.22. The fraction of sp³-hybridized carbons (Fsp3) is 0.571. The highest BCUT2D eigenvalue weighted by molar-refractivity contribution is 6.31. The summed E-state index contributed by atoms with van der Waals surface area (Å²) in [4.78, 5) is 0. The first kappa shape index (κ1) is 27.3. The van der Waals surface area contributed by atoms with E-state index in [2.05, 4.69) is 0 Å². The molecule has 36 heavy (non-hydrogen) atoms. The van der Waals surface area contributed by atoms with Gasteiger partial charge in [-0.1, -0.05) is 48.7 Å². The molecule has 0 unspecified atom stereocenters. The molecule has 0 amide bonds. The van der Waals surface area contributed by atoms with E-state index in [0.717, 1.165) is 42.9 Å². The third-order valence-corrected chi connectivity index (χ3v) is 7.80. The molecule has 1 aliphatic heterocycles. The molecule has 2 aromatic rings. The Labute approximate surface area is 217 Å². The van der Waals surface area contributed by atoms with Crippen LogP contribution in [0.5, 0.6) is 5.75 Å². The van der Waals surface area contributed by atoms with Gasteiger partial charge in [0.15, 0.2) is 0 Å². The molecular formula is C28H37ClO7. The summed E-state index contributed by atoms with van der Waals surface area (Å²) in [7, 11) is 0. The molecule has 0 bridgehead atoms. The maximum absolute atomic E-state index is 10.5. The van der Waals surface area contributed by atoms with Gasteiger partial charge in [0.2, 0.25) is 0 Å². The van der Waals surface area contributed by atoms with Crippen LogP contribution in [-0.4, -0.2) is 71.3 Å². The molecular weight excluding hydrogens is 484 g/mol. The average molecular weight is 521 g/mol. The van der Waals surface area contributed by atoms with Gasteiger partial charge in [0.05, 0.1) is 19.8 Å². The molecule has 1 saturated heterocycles. The van der Waals surface area contributed by atoms with Crippen LogP contribution in [0, 0.1) is 5.41 Å². The van der Waals surface area contributed by atoms with Crippen molar-refractivity contribution in [3.05, 3.63) is 64.2 Å². The maximum Gasteiger partial charge on any atom is 0.119 e. The molecule has 0 radical (unpaired) electrons. The number of benzene rings is 2. The van der Waals surface area contributed by atoms with Crippen molar-refractivity contribution in [3.63, 3.8) is 0 Å². The van der Waals surface area contributed by atoms with Crippen molar-refractivity contribution in [3.8, 4) is 5.75 Å². The number of ether oxygens (including phenoxy) is 3. The number of aliphatic hydroxyl groups is 4. The second kappa shape index (κ2) is 12.2. The van der Waals surface area contributed by atoms with Crippen molar-refractivity contribution in [2.75, 3.05) is 26.4 Å². The molecule has 2 aromatic carbocycles. The zero-order valence-corrected chi connectivity index (χ0v) is 21.4. The first-order valence-corrected chi connectivity index (χ1v) is 13.1. The van der Waals surface area contributed by atoms with Gasteiger partial charge in [-0.25, -0.2) is 0 Å². The zero-order chi connectivity index (χ0) is 25.7. The predicted octanol–water partition coefficient (Wildman–Crippen LogP) is 3.42. The van der Waals surface area contributed by atoms with Crippen LogP contribution >= 0.6 is 11.6 Å². The Balaban J connectivity index is 1.42. The van der Waals surface area contributed by atoms with E-state index in [1.54, 1.807) is 12.1 Å². The van der Waals surface area contributed by atoms with Crippen LogP contribution in [0.4, 0.5) is 0 Å². The van der Waals surface area contributed by atoms with E-state index in [-0.39, 0.29) is 5.41 Å². The van der Waals surface area contributed by atoms with Gasteiger partial charge in [0, 0.05) is 17.0 Å². The Kier molecular flexibility index (Phi) is 9.28. The summed E-state index contributed by atoms with van der Waals surface area (Å²) >= 11 is 6.47. The van der Waals surface area contributed by atoms with Crippen molar-refractivity contribution < 1.29 is 34.6 Å². The third-order valence-electron chi connectivity index (χ3n) is 7.43. The summed E-state index contributed by atoms with van der Waals surface area (Å²) in [5.41, 5.74) is 2.59. The van der Waals surface area contributed by atoms with Crippen LogP contribution in [0.15, 0.2) is 42.5 Å². The fourth-order valence-corrected chi connectivity index (χ4v) is 5.40. The van der Waals surface area contributed by atoms with Gasteiger partial charge in [-0.3, -0.25) is 0 Å². The number of hydrogen-bond donors (Lipinski definition) is 4. The van der Waals surface area contributed by atoms with Gasteiger partial charge in [0.1, 0.15) is 36.3 Å². The van der Waals surface area contributed by atoms with E-state index in [0.29, 0.717) is 23.6 Å². The van der Waals surface area contributed by atoms with Gasteiger partial charge in [0.25, 0.3) is 0 Å². The second-order valence-corrected chi connectivity index (χ2v) is 10.5. The summed E-state index contributed by atoms with van der Waals surface area (Å²) in [6.07, 6.45) is -0.748. The Morgan fingerprint density at radius 1 is 0.972 bits per heavy atom. The molecule has 1 saturated carbocycles. The summed E-state index contributed by atoms with van der Waals surface area (Å²) in [5, 5.41) is 40.7. The number of aliphatic hydroxyl groups excluding tert-OH is 4. The van der Waals surface area contributed by atoms with Crippen molar-refractivity contribution in [1.82, 2.24) is 0 Å². The van der Waals surface area contributed by atoms with Crippen molar-refractivity contribution >= 4 is 11.6 Å². The largest absolute Gasteiger partial charge is 0.493 e. The first-order chi connectivity index (χ1) is 17.4. The lowest BCUT2D eigenvalue weighted by molar-refractivity contribution is -0.231. The molecule has 2 fully saturated rings. The molecule has 4 rings (SSSR count). The van der Waals surface area contributed by atoms with Crippen LogP contribution in [0.1, 0.15) is 55.4 Å². The Bertz CT molecular complexity index is 974. The minimum Gasteiger partial charge on any atom is -0.493 e. The highest BCUT2D eigenvalue weighted by Gasteiger charge is 2.44. The lowest BCUT2D eigenvalue weighted by Gasteiger charge is -2.40. The minimum absolute atomic E-state index is 0.104.